The largest absolute Gasteiger partial charge is 0.465 e. The second-order valence-electron chi connectivity index (χ2n) is 10.9. The fourth-order valence-electron chi connectivity index (χ4n) is 5.44. The van der Waals surface area contributed by atoms with Crippen molar-refractivity contribution in [3.05, 3.63) is 71.0 Å². The van der Waals surface area contributed by atoms with E-state index in [-0.39, 0.29) is 5.91 Å². The van der Waals surface area contributed by atoms with Crippen molar-refractivity contribution in [3.63, 3.8) is 0 Å². The van der Waals surface area contributed by atoms with Crippen LogP contribution >= 0.6 is 11.6 Å². The number of halogens is 1. The fourth-order valence-corrected chi connectivity index (χ4v) is 5.65. The van der Waals surface area contributed by atoms with Crippen molar-refractivity contribution in [2.75, 3.05) is 11.4 Å². The van der Waals surface area contributed by atoms with Crippen LogP contribution < -0.4 is 4.90 Å². The van der Waals surface area contributed by atoms with Crippen LogP contribution in [-0.2, 0) is 0 Å². The lowest BCUT2D eigenvalue weighted by molar-refractivity contribution is 0.0431. The Kier molecular flexibility index (Phi) is 6.98. The average molecular weight is 548 g/mol. The maximum Gasteiger partial charge on any atom is 0.407 e. The second-order valence-corrected chi connectivity index (χ2v) is 11.3. The molecule has 39 heavy (non-hydrogen) atoms. The molecule has 0 saturated carbocycles. The molecule has 2 atom stereocenters. The SMILES string of the molecule is Cc1cnc2c(c1)nnn2-c1ccc(C(=O)N(c2ncccc2Cl)[C@@H]2CCCN(C(=O)O)C2C(C)(C)C)cc1. The van der Waals surface area contributed by atoms with E-state index >= 15 is 0 Å². The van der Waals surface area contributed by atoms with E-state index in [1.807, 2.05) is 33.8 Å². The lowest BCUT2D eigenvalue weighted by atomic mass is 9.77. The standard InChI is InChI=1S/C28H30ClN7O3/c1-17-15-21-25(31-16-17)36(33-32-21)19-11-9-18(10-12-19)26(37)35(24-20(29)7-5-13-30-24)22-8-6-14-34(27(38)39)23(22)28(2,3)4/h5,7,9-13,15-16,22-23H,6,8,14H2,1-4H3,(H,38,39)/t22-,23?/m1/s1. The van der Waals surface area contributed by atoms with Crippen LogP contribution in [0.2, 0.25) is 5.02 Å². The summed E-state index contributed by atoms with van der Waals surface area (Å²) in [4.78, 5) is 38.4. The van der Waals surface area contributed by atoms with E-state index in [0.717, 1.165) is 5.56 Å². The van der Waals surface area contributed by atoms with Gasteiger partial charge in [-0.15, -0.1) is 5.10 Å². The van der Waals surface area contributed by atoms with Crippen LogP contribution in [0, 0.1) is 12.3 Å². The number of aromatic nitrogens is 5. The maximum absolute atomic E-state index is 14.2. The number of benzene rings is 1. The summed E-state index contributed by atoms with van der Waals surface area (Å²) in [6.07, 6.45) is 3.55. The highest BCUT2D eigenvalue weighted by molar-refractivity contribution is 6.33. The number of amides is 2. The van der Waals surface area contributed by atoms with Gasteiger partial charge in [0.1, 0.15) is 5.52 Å². The number of anilines is 1. The minimum Gasteiger partial charge on any atom is -0.465 e. The number of aryl methyl sites for hydroxylation is 1. The van der Waals surface area contributed by atoms with Crippen LogP contribution in [-0.4, -0.2) is 65.6 Å². The van der Waals surface area contributed by atoms with Gasteiger partial charge >= 0.3 is 6.09 Å². The number of piperidine rings is 1. The lowest BCUT2D eigenvalue weighted by Crippen LogP contribution is -2.63. The molecule has 0 spiro atoms. The van der Waals surface area contributed by atoms with Gasteiger partial charge in [0, 0.05) is 24.5 Å². The lowest BCUT2D eigenvalue weighted by Gasteiger charge is -2.50. The Hall–Kier alpha value is -4.05. The minimum atomic E-state index is -1.01. The van der Waals surface area contributed by atoms with E-state index in [1.54, 1.807) is 58.4 Å². The third kappa shape index (κ3) is 5.04. The monoisotopic (exact) mass is 547 g/mol. The van der Waals surface area contributed by atoms with E-state index in [0.29, 0.717) is 52.6 Å². The molecule has 5 rings (SSSR count). The van der Waals surface area contributed by atoms with Crippen molar-refractivity contribution >= 4 is 40.6 Å². The molecule has 0 bridgehead atoms. The van der Waals surface area contributed by atoms with Crippen molar-refractivity contribution in [2.45, 2.75) is 52.6 Å². The fraction of sp³-hybridized carbons (Fsp3) is 0.357. The van der Waals surface area contributed by atoms with Gasteiger partial charge in [0.05, 0.1) is 22.8 Å². The van der Waals surface area contributed by atoms with Gasteiger partial charge in [-0.3, -0.25) is 9.69 Å². The van der Waals surface area contributed by atoms with E-state index in [4.69, 9.17) is 11.6 Å². The molecular formula is C28H30ClN7O3. The van der Waals surface area contributed by atoms with E-state index < -0.39 is 23.6 Å². The third-order valence-electron chi connectivity index (χ3n) is 7.04. The van der Waals surface area contributed by atoms with Crippen LogP contribution in [0.15, 0.2) is 54.9 Å². The van der Waals surface area contributed by atoms with Crippen molar-refractivity contribution in [1.29, 1.82) is 0 Å². The Labute approximate surface area is 231 Å². The Morgan fingerprint density at radius 3 is 2.54 bits per heavy atom. The number of nitrogens with zero attached hydrogens (tertiary/aromatic N) is 7. The molecule has 1 N–H and O–H groups in total. The molecule has 0 radical (unpaired) electrons. The quantitative estimate of drug-likeness (QED) is 0.364. The van der Waals surface area contributed by atoms with Crippen molar-refractivity contribution in [2.24, 2.45) is 5.41 Å². The number of hydrogen-bond donors (Lipinski definition) is 1. The number of hydrogen-bond acceptors (Lipinski definition) is 6. The van der Waals surface area contributed by atoms with Crippen LogP contribution in [0.4, 0.5) is 10.6 Å². The van der Waals surface area contributed by atoms with Crippen LogP contribution in [0.3, 0.4) is 0 Å². The molecule has 1 aromatic carbocycles. The average Bonchev–Trinajstić information content (AvgIpc) is 3.32. The highest BCUT2D eigenvalue weighted by Crippen LogP contribution is 2.38. The summed E-state index contributed by atoms with van der Waals surface area (Å²) in [7, 11) is 0. The molecule has 0 aliphatic carbocycles. The number of pyridine rings is 2. The summed E-state index contributed by atoms with van der Waals surface area (Å²) < 4.78 is 1.62. The molecule has 1 unspecified atom stereocenters. The first-order chi connectivity index (χ1) is 18.6. The first kappa shape index (κ1) is 26.6. The summed E-state index contributed by atoms with van der Waals surface area (Å²) in [5.41, 5.74) is 2.95. The Morgan fingerprint density at radius 1 is 1.13 bits per heavy atom. The summed E-state index contributed by atoms with van der Waals surface area (Å²) in [5, 5.41) is 18.8. The number of carbonyl (C=O) groups is 2. The number of fused-ring (bicyclic) bond motifs is 1. The molecule has 1 aliphatic heterocycles. The molecular weight excluding hydrogens is 518 g/mol. The Bertz CT molecular complexity index is 1530. The first-order valence-corrected chi connectivity index (χ1v) is 13.2. The third-order valence-corrected chi connectivity index (χ3v) is 7.33. The number of rotatable bonds is 4. The van der Waals surface area contributed by atoms with Gasteiger partial charge in [-0.05, 0) is 73.2 Å². The summed E-state index contributed by atoms with van der Waals surface area (Å²) >= 11 is 6.58. The normalized spacial score (nSPS) is 17.8. The smallest absolute Gasteiger partial charge is 0.407 e. The summed E-state index contributed by atoms with van der Waals surface area (Å²) in [5.74, 6) is -0.00703. The van der Waals surface area contributed by atoms with Gasteiger partial charge in [0.25, 0.3) is 5.91 Å². The van der Waals surface area contributed by atoms with Crippen LogP contribution in [0.25, 0.3) is 16.9 Å². The molecule has 1 saturated heterocycles. The molecule has 10 nitrogen and oxygen atoms in total. The minimum absolute atomic E-state index is 0.307. The van der Waals surface area contributed by atoms with Crippen LogP contribution in [0.5, 0.6) is 0 Å². The predicted octanol–water partition coefficient (Wildman–Crippen LogP) is 5.38. The zero-order valence-corrected chi connectivity index (χ0v) is 23.0. The molecule has 1 fully saturated rings. The molecule has 202 valence electrons. The molecule has 4 aromatic rings. The van der Waals surface area contributed by atoms with Gasteiger partial charge < -0.3 is 10.0 Å². The summed E-state index contributed by atoms with van der Waals surface area (Å²) in [6.45, 7) is 8.31. The number of carboxylic acid groups (broad SMARTS) is 1. The Morgan fingerprint density at radius 2 is 1.87 bits per heavy atom. The summed E-state index contributed by atoms with van der Waals surface area (Å²) in [6, 6.07) is 11.4. The van der Waals surface area contributed by atoms with Crippen molar-refractivity contribution < 1.29 is 14.7 Å². The first-order valence-electron chi connectivity index (χ1n) is 12.8. The molecule has 3 aromatic heterocycles. The van der Waals surface area contributed by atoms with E-state index in [1.165, 1.54) is 4.90 Å². The molecule has 11 heteroatoms. The molecule has 1 aliphatic rings. The number of likely N-dealkylation sites (tertiary alicyclic amines) is 1. The van der Waals surface area contributed by atoms with E-state index in [2.05, 4.69) is 20.3 Å². The zero-order valence-electron chi connectivity index (χ0n) is 22.2. The zero-order chi connectivity index (χ0) is 27.9. The van der Waals surface area contributed by atoms with Gasteiger partial charge in [0.2, 0.25) is 0 Å². The molecule has 2 amide bonds. The van der Waals surface area contributed by atoms with Gasteiger partial charge in [0.15, 0.2) is 11.5 Å². The topological polar surface area (TPSA) is 117 Å². The highest BCUT2D eigenvalue weighted by atomic mass is 35.5. The second kappa shape index (κ2) is 10.3. The van der Waals surface area contributed by atoms with Crippen LogP contribution in [0.1, 0.15) is 49.5 Å². The van der Waals surface area contributed by atoms with Gasteiger partial charge in [-0.25, -0.2) is 14.8 Å². The van der Waals surface area contributed by atoms with Gasteiger partial charge in [-0.1, -0.05) is 37.6 Å². The van der Waals surface area contributed by atoms with Crippen molar-refractivity contribution in [3.8, 4) is 5.69 Å². The Balaban J connectivity index is 1.56. The van der Waals surface area contributed by atoms with E-state index in [9.17, 15) is 14.7 Å². The predicted molar refractivity (Wildman–Crippen MR) is 148 cm³/mol. The maximum atomic E-state index is 14.2. The number of carbonyl (C=O) groups excluding carboxylic acids is 1. The van der Waals surface area contributed by atoms with Gasteiger partial charge in [-0.2, -0.15) is 4.68 Å². The highest BCUT2D eigenvalue weighted by Gasteiger charge is 2.46. The molecule has 4 heterocycles. The van der Waals surface area contributed by atoms with Crippen molar-refractivity contribution in [1.82, 2.24) is 29.9 Å².